The van der Waals surface area contributed by atoms with Crippen molar-refractivity contribution in [2.24, 2.45) is 4.99 Å². The zero-order valence-electron chi connectivity index (χ0n) is 15.7. The minimum Gasteiger partial charge on any atom is -0.478 e. The number of hydrogen-bond donors (Lipinski definition) is 2. The number of hydrogen-bond acceptors (Lipinski definition) is 3. The van der Waals surface area contributed by atoms with Crippen LogP contribution in [-0.4, -0.2) is 30.6 Å². The largest absolute Gasteiger partial charge is 0.478 e. The topological polar surface area (TPSA) is 58.5 Å². The highest BCUT2D eigenvalue weighted by atomic mass is 16.5. The van der Waals surface area contributed by atoms with Crippen LogP contribution in [-0.2, 0) is 12.0 Å². The highest BCUT2D eigenvalue weighted by Crippen LogP contribution is 2.47. The molecule has 0 spiro atoms. The summed E-state index contributed by atoms with van der Waals surface area (Å²) in [5.41, 5.74) is 2.76. The molecule has 0 radical (unpaired) electrons. The monoisotopic (exact) mass is 352 g/mol. The first-order valence-electron chi connectivity index (χ1n) is 9.41. The van der Waals surface area contributed by atoms with Crippen molar-refractivity contribution < 1.29 is 4.74 Å². The van der Waals surface area contributed by atoms with Gasteiger partial charge in [0.2, 0.25) is 5.88 Å². The van der Waals surface area contributed by atoms with E-state index >= 15 is 0 Å². The zero-order valence-corrected chi connectivity index (χ0v) is 15.7. The molecular formula is C21H28N4O. The fraction of sp³-hybridized carbons (Fsp3) is 0.429. The summed E-state index contributed by atoms with van der Waals surface area (Å²) in [5, 5.41) is 6.86. The molecule has 26 heavy (non-hydrogen) atoms. The van der Waals surface area contributed by atoms with Crippen LogP contribution >= 0.6 is 0 Å². The first-order valence-corrected chi connectivity index (χ1v) is 9.41. The van der Waals surface area contributed by atoms with Gasteiger partial charge in [-0.25, -0.2) is 9.98 Å². The second-order valence-electron chi connectivity index (χ2n) is 6.63. The molecule has 2 N–H and O–H groups in total. The Bertz CT molecular complexity index is 726. The lowest BCUT2D eigenvalue weighted by molar-refractivity contribution is 0.326. The molecule has 2 aromatic rings. The average Bonchev–Trinajstić information content (AvgIpc) is 3.47. The molecule has 0 atom stereocenters. The summed E-state index contributed by atoms with van der Waals surface area (Å²) in [7, 11) is 0. The average molecular weight is 352 g/mol. The van der Waals surface area contributed by atoms with Crippen LogP contribution in [0.25, 0.3) is 0 Å². The Kier molecular flexibility index (Phi) is 6.10. The lowest BCUT2D eigenvalue weighted by Crippen LogP contribution is -2.41. The molecule has 5 nitrogen and oxygen atoms in total. The van der Waals surface area contributed by atoms with Gasteiger partial charge in [0.05, 0.1) is 13.2 Å². The minimum absolute atomic E-state index is 0.260. The number of ether oxygens (including phenoxy) is 1. The summed E-state index contributed by atoms with van der Waals surface area (Å²) in [4.78, 5) is 8.92. The fourth-order valence-corrected chi connectivity index (χ4v) is 3.05. The molecule has 0 bridgehead atoms. The van der Waals surface area contributed by atoms with Crippen molar-refractivity contribution in [3.8, 4) is 5.88 Å². The van der Waals surface area contributed by atoms with Gasteiger partial charge < -0.3 is 15.4 Å². The van der Waals surface area contributed by atoms with Crippen LogP contribution in [0.1, 0.15) is 37.8 Å². The molecule has 1 heterocycles. The van der Waals surface area contributed by atoms with Gasteiger partial charge in [-0.1, -0.05) is 30.3 Å². The molecule has 0 amide bonds. The summed E-state index contributed by atoms with van der Waals surface area (Å²) >= 11 is 0. The molecule has 1 fully saturated rings. The number of pyridine rings is 1. The fourth-order valence-electron chi connectivity index (χ4n) is 3.05. The summed E-state index contributed by atoms with van der Waals surface area (Å²) < 4.78 is 5.46. The predicted molar refractivity (Wildman–Crippen MR) is 106 cm³/mol. The Labute approximate surface area is 155 Å². The van der Waals surface area contributed by atoms with E-state index in [4.69, 9.17) is 9.73 Å². The number of benzene rings is 1. The summed E-state index contributed by atoms with van der Waals surface area (Å²) in [6.07, 6.45) is 4.22. The van der Waals surface area contributed by atoms with E-state index < -0.39 is 0 Å². The Balaban J connectivity index is 1.62. The molecule has 138 valence electrons. The van der Waals surface area contributed by atoms with Gasteiger partial charge in [-0.3, -0.25) is 0 Å². The lowest BCUT2D eigenvalue weighted by atomic mass is 9.96. The van der Waals surface area contributed by atoms with Crippen molar-refractivity contribution in [1.29, 1.82) is 0 Å². The molecule has 1 aromatic heterocycles. The van der Waals surface area contributed by atoms with E-state index in [1.54, 1.807) is 6.20 Å². The van der Waals surface area contributed by atoms with Crippen LogP contribution in [0.4, 0.5) is 0 Å². The third-order valence-corrected chi connectivity index (χ3v) is 4.69. The van der Waals surface area contributed by atoms with Crippen LogP contribution in [0.2, 0.25) is 0 Å². The molecule has 0 saturated heterocycles. The van der Waals surface area contributed by atoms with Crippen molar-refractivity contribution in [3.05, 3.63) is 59.8 Å². The molecule has 0 aliphatic heterocycles. The highest BCUT2D eigenvalue weighted by molar-refractivity contribution is 5.80. The van der Waals surface area contributed by atoms with Gasteiger partial charge in [0, 0.05) is 30.8 Å². The Morgan fingerprint density at radius 2 is 1.96 bits per heavy atom. The predicted octanol–water partition coefficient (Wildman–Crippen LogP) is 3.27. The standard InChI is InChI=1S/C21H28N4O/c1-3-22-20(24-15-17-10-13-23-19(14-17)26-4-2)25-16-21(11-12-21)18-8-6-5-7-9-18/h5-10,13-14H,3-4,11-12,15-16H2,1-2H3,(H2,22,24,25). The smallest absolute Gasteiger partial charge is 0.213 e. The second-order valence-corrected chi connectivity index (χ2v) is 6.63. The van der Waals surface area contributed by atoms with E-state index in [-0.39, 0.29) is 5.41 Å². The van der Waals surface area contributed by atoms with Crippen molar-refractivity contribution in [1.82, 2.24) is 15.6 Å². The van der Waals surface area contributed by atoms with Crippen LogP contribution < -0.4 is 15.4 Å². The summed E-state index contributed by atoms with van der Waals surface area (Å²) in [6, 6.07) is 14.7. The number of rotatable bonds is 8. The molecular weight excluding hydrogens is 324 g/mol. The molecule has 1 saturated carbocycles. The van der Waals surface area contributed by atoms with E-state index in [0.29, 0.717) is 19.0 Å². The third kappa shape index (κ3) is 4.75. The first-order chi connectivity index (χ1) is 12.8. The van der Waals surface area contributed by atoms with Gasteiger partial charge in [0.15, 0.2) is 5.96 Å². The molecule has 1 aromatic carbocycles. The van der Waals surface area contributed by atoms with E-state index in [2.05, 4.69) is 52.9 Å². The summed E-state index contributed by atoms with van der Waals surface area (Å²) in [6.45, 7) is 7.00. The first kappa shape index (κ1) is 18.2. The quantitative estimate of drug-likeness (QED) is 0.565. The normalized spacial score (nSPS) is 15.4. The maximum atomic E-state index is 5.46. The zero-order chi connectivity index (χ0) is 18.2. The highest BCUT2D eigenvalue weighted by Gasteiger charge is 2.43. The Hall–Kier alpha value is -2.56. The number of aromatic nitrogens is 1. The van der Waals surface area contributed by atoms with E-state index in [9.17, 15) is 0 Å². The minimum atomic E-state index is 0.260. The van der Waals surface area contributed by atoms with Crippen LogP contribution in [0, 0.1) is 0 Å². The van der Waals surface area contributed by atoms with Gasteiger partial charge >= 0.3 is 0 Å². The van der Waals surface area contributed by atoms with E-state index in [1.165, 1.54) is 18.4 Å². The van der Waals surface area contributed by atoms with Gasteiger partial charge in [0.1, 0.15) is 0 Å². The van der Waals surface area contributed by atoms with Crippen molar-refractivity contribution in [3.63, 3.8) is 0 Å². The number of nitrogens with zero attached hydrogens (tertiary/aromatic N) is 2. The molecule has 1 aliphatic rings. The lowest BCUT2D eigenvalue weighted by Gasteiger charge is -2.19. The Morgan fingerprint density at radius 3 is 2.65 bits per heavy atom. The number of aliphatic imine (C=N–C) groups is 1. The van der Waals surface area contributed by atoms with Crippen LogP contribution in [0.15, 0.2) is 53.7 Å². The maximum absolute atomic E-state index is 5.46. The second kappa shape index (κ2) is 8.70. The number of guanidine groups is 1. The van der Waals surface area contributed by atoms with E-state index in [1.807, 2.05) is 19.1 Å². The van der Waals surface area contributed by atoms with Crippen molar-refractivity contribution in [2.45, 2.75) is 38.6 Å². The van der Waals surface area contributed by atoms with Crippen LogP contribution in [0.3, 0.4) is 0 Å². The SMILES string of the molecule is CCNC(=NCc1ccnc(OCC)c1)NCC1(c2ccccc2)CC1. The van der Waals surface area contributed by atoms with Gasteiger partial charge in [-0.15, -0.1) is 0 Å². The van der Waals surface area contributed by atoms with Crippen LogP contribution in [0.5, 0.6) is 5.88 Å². The van der Waals surface area contributed by atoms with Gasteiger partial charge in [-0.2, -0.15) is 0 Å². The molecule has 3 rings (SSSR count). The van der Waals surface area contributed by atoms with Crippen molar-refractivity contribution in [2.75, 3.05) is 19.7 Å². The number of nitrogens with one attached hydrogen (secondary N) is 2. The summed E-state index contributed by atoms with van der Waals surface area (Å²) in [5.74, 6) is 1.50. The molecule has 1 aliphatic carbocycles. The van der Waals surface area contributed by atoms with Gasteiger partial charge in [0.25, 0.3) is 0 Å². The van der Waals surface area contributed by atoms with Crippen molar-refractivity contribution >= 4 is 5.96 Å². The Morgan fingerprint density at radius 1 is 1.15 bits per heavy atom. The molecule has 0 unspecified atom stereocenters. The third-order valence-electron chi connectivity index (χ3n) is 4.69. The van der Waals surface area contributed by atoms with E-state index in [0.717, 1.165) is 24.6 Å². The molecule has 5 heteroatoms. The maximum Gasteiger partial charge on any atom is 0.213 e. The van der Waals surface area contributed by atoms with Gasteiger partial charge in [-0.05, 0) is 43.9 Å².